The fourth-order valence-electron chi connectivity index (χ4n) is 3.66. The molecule has 0 aliphatic carbocycles. The minimum absolute atomic E-state index is 0.0730. The molecule has 1 amide bonds. The number of amides is 1. The highest BCUT2D eigenvalue weighted by Crippen LogP contribution is 2.22. The highest BCUT2D eigenvalue weighted by Gasteiger charge is 2.23. The molecule has 4 rings (SSSR count). The van der Waals surface area contributed by atoms with Crippen molar-refractivity contribution in [3.8, 4) is 11.1 Å². The van der Waals surface area contributed by atoms with Gasteiger partial charge in [-0.1, -0.05) is 48.5 Å². The van der Waals surface area contributed by atoms with Gasteiger partial charge in [0.1, 0.15) is 5.82 Å². The highest BCUT2D eigenvalue weighted by atomic mass is 19.1. The van der Waals surface area contributed by atoms with E-state index in [-0.39, 0.29) is 17.8 Å². The summed E-state index contributed by atoms with van der Waals surface area (Å²) < 4.78 is 13.3. The van der Waals surface area contributed by atoms with Gasteiger partial charge < -0.3 is 10.2 Å². The van der Waals surface area contributed by atoms with E-state index in [1.165, 1.54) is 12.1 Å². The van der Waals surface area contributed by atoms with Crippen LogP contribution in [-0.2, 0) is 0 Å². The molecule has 1 saturated heterocycles. The number of likely N-dealkylation sites (tertiary alicyclic amines) is 1. The maximum atomic E-state index is 13.3. The number of piperidine rings is 1. The Morgan fingerprint density at radius 3 is 2.21 bits per heavy atom. The van der Waals surface area contributed by atoms with Gasteiger partial charge in [-0.2, -0.15) is 0 Å². The van der Waals surface area contributed by atoms with Crippen molar-refractivity contribution in [3.63, 3.8) is 0 Å². The third kappa shape index (κ3) is 4.22. The molecule has 0 atom stereocenters. The van der Waals surface area contributed by atoms with Crippen molar-refractivity contribution in [3.05, 3.63) is 90.2 Å². The minimum atomic E-state index is -0.239. The summed E-state index contributed by atoms with van der Waals surface area (Å²) in [5, 5.41) is 3.37. The van der Waals surface area contributed by atoms with E-state index >= 15 is 0 Å². The zero-order valence-corrected chi connectivity index (χ0v) is 15.6. The maximum Gasteiger partial charge on any atom is 0.253 e. The molecule has 3 nitrogen and oxygen atoms in total. The van der Waals surface area contributed by atoms with Gasteiger partial charge in [0.2, 0.25) is 0 Å². The van der Waals surface area contributed by atoms with Gasteiger partial charge in [-0.15, -0.1) is 0 Å². The molecule has 142 valence electrons. The van der Waals surface area contributed by atoms with Gasteiger partial charge in [0.25, 0.3) is 5.91 Å². The Bertz CT molecular complexity index is 932. The minimum Gasteiger partial charge on any atom is -0.382 e. The smallest absolute Gasteiger partial charge is 0.253 e. The molecular weight excluding hydrogens is 351 g/mol. The van der Waals surface area contributed by atoms with E-state index in [1.54, 1.807) is 6.07 Å². The Labute approximate surface area is 164 Å². The SMILES string of the molecule is O=C(c1ccc(-c2ccccc2)cc1)N1CCC(Nc2cccc(F)c2)CC1. The summed E-state index contributed by atoms with van der Waals surface area (Å²) in [4.78, 5) is 14.7. The topological polar surface area (TPSA) is 32.3 Å². The van der Waals surface area contributed by atoms with Crippen LogP contribution in [0.3, 0.4) is 0 Å². The van der Waals surface area contributed by atoms with E-state index in [4.69, 9.17) is 0 Å². The molecule has 4 heteroatoms. The van der Waals surface area contributed by atoms with E-state index in [1.807, 2.05) is 53.4 Å². The van der Waals surface area contributed by atoms with Gasteiger partial charge >= 0.3 is 0 Å². The third-order valence-electron chi connectivity index (χ3n) is 5.22. The lowest BCUT2D eigenvalue weighted by atomic mass is 10.0. The molecule has 0 radical (unpaired) electrons. The van der Waals surface area contributed by atoms with Crippen LogP contribution in [0, 0.1) is 5.82 Å². The Hall–Kier alpha value is -3.14. The molecule has 28 heavy (non-hydrogen) atoms. The van der Waals surface area contributed by atoms with E-state index < -0.39 is 0 Å². The zero-order chi connectivity index (χ0) is 19.3. The molecule has 3 aromatic rings. The average molecular weight is 374 g/mol. The molecule has 0 bridgehead atoms. The first-order chi connectivity index (χ1) is 13.7. The predicted molar refractivity (Wildman–Crippen MR) is 111 cm³/mol. The molecule has 1 aliphatic heterocycles. The summed E-state index contributed by atoms with van der Waals surface area (Å²) in [6.07, 6.45) is 1.70. The fourth-order valence-corrected chi connectivity index (χ4v) is 3.66. The van der Waals surface area contributed by atoms with Crippen molar-refractivity contribution in [2.45, 2.75) is 18.9 Å². The molecule has 1 heterocycles. The second-order valence-electron chi connectivity index (χ2n) is 7.16. The highest BCUT2D eigenvalue weighted by molar-refractivity contribution is 5.94. The number of carbonyl (C=O) groups excluding carboxylic acids is 1. The van der Waals surface area contributed by atoms with Crippen molar-refractivity contribution in [2.24, 2.45) is 0 Å². The predicted octanol–water partition coefficient (Wildman–Crippen LogP) is 5.21. The van der Waals surface area contributed by atoms with Crippen molar-refractivity contribution in [2.75, 3.05) is 18.4 Å². The molecule has 0 spiro atoms. The quantitative estimate of drug-likeness (QED) is 0.680. The second-order valence-corrected chi connectivity index (χ2v) is 7.16. The van der Waals surface area contributed by atoms with Crippen molar-refractivity contribution >= 4 is 11.6 Å². The van der Waals surface area contributed by atoms with Crippen LogP contribution in [0.15, 0.2) is 78.9 Å². The standard InChI is InChI=1S/C24H23FN2O/c25-21-7-4-8-23(17-21)26-22-13-15-27(16-14-22)24(28)20-11-9-19(10-12-20)18-5-2-1-3-6-18/h1-12,17,22,26H,13-16H2. The largest absolute Gasteiger partial charge is 0.382 e. The second kappa shape index (κ2) is 8.26. The van der Waals surface area contributed by atoms with Crippen LogP contribution in [0.25, 0.3) is 11.1 Å². The van der Waals surface area contributed by atoms with E-state index in [0.717, 1.165) is 35.2 Å². The van der Waals surface area contributed by atoms with E-state index in [2.05, 4.69) is 17.4 Å². The normalized spacial score (nSPS) is 14.7. The van der Waals surface area contributed by atoms with Crippen LogP contribution in [0.2, 0.25) is 0 Å². The van der Waals surface area contributed by atoms with Gasteiger partial charge in [0, 0.05) is 30.4 Å². The lowest BCUT2D eigenvalue weighted by molar-refractivity contribution is 0.0718. The number of rotatable bonds is 4. The number of nitrogens with one attached hydrogen (secondary N) is 1. The van der Waals surface area contributed by atoms with Crippen LogP contribution in [0.5, 0.6) is 0 Å². The van der Waals surface area contributed by atoms with Crippen LogP contribution in [-0.4, -0.2) is 29.9 Å². The summed E-state index contributed by atoms with van der Waals surface area (Å²) in [5.74, 6) is -0.166. The Balaban J connectivity index is 1.35. The number of anilines is 1. The lowest BCUT2D eigenvalue weighted by Crippen LogP contribution is -2.42. The summed E-state index contributed by atoms with van der Waals surface area (Å²) in [7, 11) is 0. The summed E-state index contributed by atoms with van der Waals surface area (Å²) >= 11 is 0. The summed E-state index contributed by atoms with van der Waals surface area (Å²) in [6.45, 7) is 1.40. The first-order valence-electron chi connectivity index (χ1n) is 9.66. The molecule has 1 fully saturated rings. The molecular formula is C24H23FN2O. The molecule has 0 unspecified atom stereocenters. The zero-order valence-electron chi connectivity index (χ0n) is 15.6. The molecule has 0 aromatic heterocycles. The third-order valence-corrected chi connectivity index (χ3v) is 5.22. The maximum absolute atomic E-state index is 13.3. The Morgan fingerprint density at radius 1 is 0.857 bits per heavy atom. The number of halogens is 1. The number of benzene rings is 3. The van der Waals surface area contributed by atoms with Gasteiger partial charge in [-0.3, -0.25) is 4.79 Å². The van der Waals surface area contributed by atoms with Gasteiger partial charge in [0.05, 0.1) is 0 Å². The fraction of sp³-hybridized carbons (Fsp3) is 0.208. The van der Waals surface area contributed by atoms with E-state index in [9.17, 15) is 9.18 Å². The lowest BCUT2D eigenvalue weighted by Gasteiger charge is -2.33. The number of carbonyl (C=O) groups is 1. The molecule has 3 aromatic carbocycles. The Kier molecular flexibility index (Phi) is 5.38. The summed E-state index contributed by atoms with van der Waals surface area (Å²) in [5.41, 5.74) is 3.76. The monoisotopic (exact) mass is 374 g/mol. The van der Waals surface area contributed by atoms with Crippen LogP contribution in [0.4, 0.5) is 10.1 Å². The molecule has 0 saturated carbocycles. The number of nitrogens with zero attached hydrogens (tertiary/aromatic N) is 1. The first kappa shape index (κ1) is 18.2. The number of hydrogen-bond donors (Lipinski definition) is 1. The van der Waals surface area contributed by atoms with Gasteiger partial charge in [0.15, 0.2) is 0 Å². The van der Waals surface area contributed by atoms with Crippen molar-refractivity contribution in [1.29, 1.82) is 0 Å². The van der Waals surface area contributed by atoms with Crippen LogP contribution >= 0.6 is 0 Å². The molecule has 1 aliphatic rings. The van der Waals surface area contributed by atoms with Crippen molar-refractivity contribution in [1.82, 2.24) is 4.90 Å². The van der Waals surface area contributed by atoms with E-state index in [0.29, 0.717) is 13.1 Å². The van der Waals surface area contributed by atoms with Crippen molar-refractivity contribution < 1.29 is 9.18 Å². The van der Waals surface area contributed by atoms with Crippen LogP contribution in [0.1, 0.15) is 23.2 Å². The van der Waals surface area contributed by atoms with Gasteiger partial charge in [-0.25, -0.2) is 4.39 Å². The Morgan fingerprint density at radius 2 is 1.54 bits per heavy atom. The first-order valence-corrected chi connectivity index (χ1v) is 9.66. The molecule has 1 N–H and O–H groups in total. The van der Waals surface area contributed by atoms with Crippen LogP contribution < -0.4 is 5.32 Å². The average Bonchev–Trinajstić information content (AvgIpc) is 2.75. The summed E-state index contributed by atoms with van der Waals surface area (Å²) in [6, 6.07) is 24.7. The van der Waals surface area contributed by atoms with Gasteiger partial charge in [-0.05, 0) is 54.3 Å². The number of hydrogen-bond acceptors (Lipinski definition) is 2.